The summed E-state index contributed by atoms with van der Waals surface area (Å²) in [6.45, 7) is 0.888. The zero-order chi connectivity index (χ0) is 16.9. The third-order valence-corrected chi connectivity index (χ3v) is 3.99. The summed E-state index contributed by atoms with van der Waals surface area (Å²) in [6, 6.07) is 17.1. The van der Waals surface area contributed by atoms with Crippen molar-refractivity contribution < 1.29 is 4.79 Å². The smallest absolute Gasteiger partial charge is 0.261 e. The number of nitrogens with zero attached hydrogens (tertiary/aromatic N) is 3. The summed E-state index contributed by atoms with van der Waals surface area (Å²) < 4.78 is 1.50. The van der Waals surface area contributed by atoms with Crippen molar-refractivity contribution in [3.05, 3.63) is 76.8 Å². The molecule has 3 aromatic rings. The molecule has 0 atom stereocenters. The van der Waals surface area contributed by atoms with Gasteiger partial charge in [-0.2, -0.15) is 0 Å². The topological polar surface area (TPSA) is 55.2 Å². The predicted molar refractivity (Wildman–Crippen MR) is 93.5 cm³/mol. The van der Waals surface area contributed by atoms with E-state index in [0.29, 0.717) is 24.0 Å². The minimum absolute atomic E-state index is 0.00101. The first kappa shape index (κ1) is 15.9. The number of amides is 1. The molecule has 0 bridgehead atoms. The molecule has 3 rings (SSSR count). The number of hydrogen-bond donors (Lipinski definition) is 0. The summed E-state index contributed by atoms with van der Waals surface area (Å²) in [6.07, 6.45) is 1.78. The number of benzene rings is 2. The molecule has 0 saturated carbocycles. The van der Waals surface area contributed by atoms with E-state index in [2.05, 4.69) is 4.98 Å². The highest BCUT2D eigenvalue weighted by atomic mass is 16.2. The van der Waals surface area contributed by atoms with Crippen LogP contribution in [0, 0.1) is 0 Å². The van der Waals surface area contributed by atoms with Crippen LogP contribution in [0.5, 0.6) is 0 Å². The van der Waals surface area contributed by atoms with Gasteiger partial charge in [-0.1, -0.05) is 42.5 Å². The number of aromatic nitrogens is 2. The van der Waals surface area contributed by atoms with Gasteiger partial charge in [-0.05, 0) is 17.7 Å². The van der Waals surface area contributed by atoms with Gasteiger partial charge >= 0.3 is 0 Å². The first-order valence-corrected chi connectivity index (χ1v) is 7.87. The van der Waals surface area contributed by atoms with E-state index in [1.54, 1.807) is 24.1 Å². The van der Waals surface area contributed by atoms with Crippen molar-refractivity contribution in [3.63, 3.8) is 0 Å². The summed E-state index contributed by atoms with van der Waals surface area (Å²) in [4.78, 5) is 30.6. The molecule has 24 heavy (non-hydrogen) atoms. The Balaban J connectivity index is 1.66. The third kappa shape index (κ3) is 3.51. The van der Waals surface area contributed by atoms with Crippen molar-refractivity contribution in [1.82, 2.24) is 14.5 Å². The maximum atomic E-state index is 12.4. The molecule has 0 saturated heterocycles. The number of hydrogen-bond acceptors (Lipinski definition) is 3. The molecule has 0 aliphatic heterocycles. The van der Waals surface area contributed by atoms with Gasteiger partial charge in [0.15, 0.2) is 0 Å². The molecule has 122 valence electrons. The number of para-hydroxylation sites is 1. The second kappa shape index (κ2) is 7.08. The maximum absolute atomic E-state index is 12.4. The SMILES string of the molecule is CN(Cc1ccccc1)C(=O)CCn1cnc2ccccc2c1=O. The van der Waals surface area contributed by atoms with Gasteiger partial charge in [-0.15, -0.1) is 0 Å². The summed E-state index contributed by atoms with van der Waals surface area (Å²) in [5.74, 6) is -0.00101. The van der Waals surface area contributed by atoms with Crippen LogP contribution in [0.3, 0.4) is 0 Å². The fourth-order valence-corrected chi connectivity index (χ4v) is 2.62. The lowest BCUT2D eigenvalue weighted by atomic mass is 10.2. The standard InChI is InChI=1S/C19H19N3O2/c1-21(13-15-7-3-2-4-8-15)18(23)11-12-22-14-20-17-10-6-5-9-16(17)19(22)24/h2-10,14H,11-13H2,1H3. The molecule has 5 heteroatoms. The molecule has 0 radical (unpaired) electrons. The Kier molecular flexibility index (Phi) is 4.70. The lowest BCUT2D eigenvalue weighted by Gasteiger charge is -2.17. The number of carbonyl (C=O) groups excluding carboxylic acids is 1. The van der Waals surface area contributed by atoms with Crippen molar-refractivity contribution in [2.45, 2.75) is 19.5 Å². The molecule has 0 N–H and O–H groups in total. The molecule has 0 spiro atoms. The van der Waals surface area contributed by atoms with Crippen molar-refractivity contribution in [1.29, 1.82) is 0 Å². The Bertz CT molecular complexity index is 903. The zero-order valence-corrected chi connectivity index (χ0v) is 13.6. The Labute approximate surface area is 140 Å². The quantitative estimate of drug-likeness (QED) is 0.725. The molecular formula is C19H19N3O2. The highest BCUT2D eigenvalue weighted by molar-refractivity contribution is 5.77. The molecular weight excluding hydrogens is 302 g/mol. The predicted octanol–water partition coefficient (Wildman–Crippen LogP) is 2.45. The molecule has 1 aromatic heterocycles. The normalized spacial score (nSPS) is 10.7. The van der Waals surface area contributed by atoms with Crippen LogP contribution in [0.15, 0.2) is 65.7 Å². The van der Waals surface area contributed by atoms with E-state index in [9.17, 15) is 9.59 Å². The third-order valence-electron chi connectivity index (χ3n) is 3.99. The van der Waals surface area contributed by atoms with E-state index < -0.39 is 0 Å². The van der Waals surface area contributed by atoms with Gasteiger partial charge in [-0.25, -0.2) is 4.98 Å². The summed E-state index contributed by atoms with van der Waals surface area (Å²) >= 11 is 0. The summed E-state index contributed by atoms with van der Waals surface area (Å²) in [5, 5.41) is 0.574. The van der Waals surface area contributed by atoms with Crippen molar-refractivity contribution in [2.24, 2.45) is 0 Å². The Hall–Kier alpha value is -2.95. The van der Waals surface area contributed by atoms with Gasteiger partial charge in [0, 0.05) is 26.6 Å². The van der Waals surface area contributed by atoms with Crippen LogP contribution in [-0.2, 0) is 17.9 Å². The molecule has 1 amide bonds. The van der Waals surface area contributed by atoms with E-state index >= 15 is 0 Å². The molecule has 0 fully saturated rings. The van der Waals surface area contributed by atoms with E-state index in [1.165, 1.54) is 10.9 Å². The maximum Gasteiger partial charge on any atom is 0.261 e. The number of rotatable bonds is 5. The second-order valence-electron chi connectivity index (χ2n) is 5.75. The van der Waals surface area contributed by atoms with Crippen LogP contribution in [-0.4, -0.2) is 27.4 Å². The average Bonchev–Trinajstić information content (AvgIpc) is 2.62. The number of fused-ring (bicyclic) bond motifs is 1. The molecule has 0 aliphatic rings. The van der Waals surface area contributed by atoms with Gasteiger partial charge in [-0.3, -0.25) is 14.2 Å². The van der Waals surface area contributed by atoms with Gasteiger partial charge in [0.2, 0.25) is 5.91 Å². The monoisotopic (exact) mass is 321 g/mol. The number of carbonyl (C=O) groups is 1. The van der Waals surface area contributed by atoms with Crippen molar-refractivity contribution >= 4 is 16.8 Å². The number of aryl methyl sites for hydroxylation is 1. The van der Waals surface area contributed by atoms with Crippen molar-refractivity contribution in [2.75, 3.05) is 7.05 Å². The van der Waals surface area contributed by atoms with Crippen LogP contribution < -0.4 is 5.56 Å². The lowest BCUT2D eigenvalue weighted by Crippen LogP contribution is -2.29. The summed E-state index contributed by atoms with van der Waals surface area (Å²) in [7, 11) is 1.77. The Morgan fingerprint density at radius 3 is 2.58 bits per heavy atom. The van der Waals surface area contributed by atoms with Gasteiger partial charge in [0.05, 0.1) is 17.2 Å². The van der Waals surface area contributed by atoms with E-state index in [4.69, 9.17) is 0 Å². The van der Waals surface area contributed by atoms with Crippen LogP contribution >= 0.6 is 0 Å². The molecule has 2 aromatic carbocycles. The fourth-order valence-electron chi connectivity index (χ4n) is 2.62. The first-order chi connectivity index (χ1) is 11.6. The molecule has 0 unspecified atom stereocenters. The molecule has 0 aliphatic carbocycles. The van der Waals surface area contributed by atoms with Crippen LogP contribution in [0.4, 0.5) is 0 Å². The minimum Gasteiger partial charge on any atom is -0.341 e. The lowest BCUT2D eigenvalue weighted by molar-refractivity contribution is -0.130. The van der Waals surface area contributed by atoms with Crippen LogP contribution in [0.25, 0.3) is 10.9 Å². The van der Waals surface area contributed by atoms with E-state index in [1.807, 2.05) is 42.5 Å². The van der Waals surface area contributed by atoms with Crippen LogP contribution in [0.1, 0.15) is 12.0 Å². The minimum atomic E-state index is -0.112. The largest absolute Gasteiger partial charge is 0.341 e. The van der Waals surface area contributed by atoms with Gasteiger partial charge in [0.1, 0.15) is 0 Å². The van der Waals surface area contributed by atoms with Gasteiger partial charge in [0.25, 0.3) is 5.56 Å². The highest BCUT2D eigenvalue weighted by Crippen LogP contribution is 2.06. The van der Waals surface area contributed by atoms with E-state index in [-0.39, 0.29) is 17.9 Å². The second-order valence-corrected chi connectivity index (χ2v) is 5.75. The van der Waals surface area contributed by atoms with E-state index in [0.717, 1.165) is 5.56 Å². The summed E-state index contributed by atoms with van der Waals surface area (Å²) in [5.41, 5.74) is 1.64. The Morgan fingerprint density at radius 1 is 1.08 bits per heavy atom. The van der Waals surface area contributed by atoms with Crippen LogP contribution in [0.2, 0.25) is 0 Å². The zero-order valence-electron chi connectivity index (χ0n) is 13.6. The fraction of sp³-hybridized carbons (Fsp3) is 0.211. The average molecular weight is 321 g/mol. The van der Waals surface area contributed by atoms with Gasteiger partial charge < -0.3 is 4.90 Å². The van der Waals surface area contributed by atoms with Crippen molar-refractivity contribution in [3.8, 4) is 0 Å². The first-order valence-electron chi connectivity index (χ1n) is 7.87. The highest BCUT2D eigenvalue weighted by Gasteiger charge is 2.10. The molecule has 1 heterocycles. The molecule has 5 nitrogen and oxygen atoms in total. The Morgan fingerprint density at radius 2 is 1.79 bits per heavy atom.